The lowest BCUT2D eigenvalue weighted by Crippen LogP contribution is -2.07. The summed E-state index contributed by atoms with van der Waals surface area (Å²) in [4.78, 5) is 4.29. The van der Waals surface area contributed by atoms with Crippen molar-refractivity contribution >= 4 is 11.6 Å². The zero-order valence-electron chi connectivity index (χ0n) is 11.8. The number of aromatic nitrogens is 3. The van der Waals surface area contributed by atoms with Gasteiger partial charge in [0, 0.05) is 22.8 Å². The minimum absolute atomic E-state index is 0.0839. The van der Waals surface area contributed by atoms with Gasteiger partial charge in [-0.3, -0.25) is 0 Å². The Kier molecular flexibility index (Phi) is 4.06. The Morgan fingerprint density at radius 1 is 1.23 bits per heavy atom. The highest BCUT2D eigenvalue weighted by Crippen LogP contribution is 2.20. The van der Waals surface area contributed by atoms with Crippen LogP contribution in [0.25, 0.3) is 5.82 Å². The van der Waals surface area contributed by atoms with Crippen molar-refractivity contribution in [3.05, 3.63) is 70.8 Å². The van der Waals surface area contributed by atoms with Crippen molar-refractivity contribution in [1.82, 2.24) is 14.8 Å². The van der Waals surface area contributed by atoms with E-state index in [0.717, 1.165) is 5.56 Å². The molecule has 0 amide bonds. The average molecular weight is 318 g/mol. The van der Waals surface area contributed by atoms with Crippen LogP contribution in [0.4, 0.5) is 4.39 Å². The summed E-state index contributed by atoms with van der Waals surface area (Å²) in [5.74, 6) is 0.780. The SMILES string of the molecule is Cc1cccnc1-n1nccc1OCc1ccc(Cl)cc1F. The number of nitrogens with zero attached hydrogens (tertiary/aromatic N) is 3. The molecule has 0 aliphatic rings. The van der Waals surface area contributed by atoms with Crippen LogP contribution in [0.15, 0.2) is 48.8 Å². The Balaban J connectivity index is 1.83. The van der Waals surface area contributed by atoms with E-state index in [2.05, 4.69) is 10.1 Å². The van der Waals surface area contributed by atoms with Crippen molar-refractivity contribution in [2.75, 3.05) is 0 Å². The van der Waals surface area contributed by atoms with Gasteiger partial charge in [0.1, 0.15) is 12.4 Å². The van der Waals surface area contributed by atoms with Crippen molar-refractivity contribution in [3.63, 3.8) is 0 Å². The highest BCUT2D eigenvalue weighted by molar-refractivity contribution is 6.30. The first-order valence-electron chi connectivity index (χ1n) is 6.68. The summed E-state index contributed by atoms with van der Waals surface area (Å²) >= 11 is 5.74. The number of aryl methyl sites for hydroxylation is 1. The normalized spacial score (nSPS) is 10.7. The van der Waals surface area contributed by atoms with Gasteiger partial charge in [-0.15, -0.1) is 0 Å². The van der Waals surface area contributed by atoms with E-state index in [1.165, 1.54) is 6.07 Å². The van der Waals surface area contributed by atoms with E-state index in [1.54, 1.807) is 35.3 Å². The molecule has 112 valence electrons. The van der Waals surface area contributed by atoms with E-state index in [1.807, 2.05) is 19.1 Å². The van der Waals surface area contributed by atoms with Crippen molar-refractivity contribution < 1.29 is 9.13 Å². The van der Waals surface area contributed by atoms with Gasteiger partial charge in [0.05, 0.1) is 6.20 Å². The molecule has 0 aliphatic carbocycles. The maximum absolute atomic E-state index is 13.8. The fourth-order valence-electron chi connectivity index (χ4n) is 2.05. The number of pyridine rings is 1. The van der Waals surface area contributed by atoms with Gasteiger partial charge in [-0.1, -0.05) is 23.7 Å². The third kappa shape index (κ3) is 2.94. The predicted octanol–water partition coefficient (Wildman–Crippen LogP) is 3.95. The fraction of sp³-hybridized carbons (Fsp3) is 0.125. The standard InChI is InChI=1S/C16H13ClFN3O/c1-11-3-2-7-19-16(11)21-15(6-8-20-21)22-10-12-4-5-13(17)9-14(12)18/h2-9H,10H2,1H3. The van der Waals surface area contributed by atoms with Crippen LogP contribution in [0, 0.1) is 12.7 Å². The molecule has 0 N–H and O–H groups in total. The molecular formula is C16H13ClFN3O. The number of ether oxygens (including phenoxy) is 1. The molecule has 2 heterocycles. The van der Waals surface area contributed by atoms with E-state index < -0.39 is 5.82 Å². The molecule has 0 radical (unpaired) electrons. The summed E-state index contributed by atoms with van der Waals surface area (Å²) in [6.07, 6.45) is 3.30. The molecule has 0 saturated heterocycles. The van der Waals surface area contributed by atoms with Gasteiger partial charge in [-0.2, -0.15) is 9.78 Å². The highest BCUT2D eigenvalue weighted by Gasteiger charge is 2.11. The van der Waals surface area contributed by atoms with Crippen molar-refractivity contribution in [3.8, 4) is 11.7 Å². The second-order valence-electron chi connectivity index (χ2n) is 4.75. The molecule has 1 aromatic carbocycles. The van der Waals surface area contributed by atoms with E-state index in [-0.39, 0.29) is 6.61 Å². The summed E-state index contributed by atoms with van der Waals surface area (Å²) in [5.41, 5.74) is 1.39. The third-order valence-corrected chi connectivity index (χ3v) is 3.42. The molecule has 22 heavy (non-hydrogen) atoms. The van der Waals surface area contributed by atoms with Crippen LogP contribution < -0.4 is 4.74 Å². The molecule has 0 fully saturated rings. The number of benzene rings is 1. The van der Waals surface area contributed by atoms with Crippen molar-refractivity contribution in [1.29, 1.82) is 0 Å². The molecule has 0 bridgehead atoms. The van der Waals surface area contributed by atoms with Gasteiger partial charge >= 0.3 is 0 Å². The first kappa shape index (κ1) is 14.5. The molecule has 0 saturated carbocycles. The average Bonchev–Trinajstić information content (AvgIpc) is 2.95. The lowest BCUT2D eigenvalue weighted by atomic mass is 10.2. The van der Waals surface area contributed by atoms with Crippen LogP contribution in [0.5, 0.6) is 5.88 Å². The molecule has 4 nitrogen and oxygen atoms in total. The largest absolute Gasteiger partial charge is 0.473 e. The molecule has 0 unspecified atom stereocenters. The summed E-state index contributed by atoms with van der Waals surface area (Å²) in [5, 5.41) is 4.57. The van der Waals surface area contributed by atoms with Crippen LogP contribution in [0.2, 0.25) is 5.02 Å². The summed E-state index contributed by atoms with van der Waals surface area (Å²) in [6.45, 7) is 2.02. The number of hydrogen-bond donors (Lipinski definition) is 0. The Labute approximate surface area is 132 Å². The zero-order valence-corrected chi connectivity index (χ0v) is 12.6. The minimum Gasteiger partial charge on any atom is -0.473 e. The van der Waals surface area contributed by atoms with E-state index in [4.69, 9.17) is 16.3 Å². The Morgan fingerprint density at radius 2 is 2.09 bits per heavy atom. The van der Waals surface area contributed by atoms with E-state index in [0.29, 0.717) is 22.3 Å². The Morgan fingerprint density at radius 3 is 2.86 bits per heavy atom. The van der Waals surface area contributed by atoms with Crippen LogP contribution >= 0.6 is 11.6 Å². The van der Waals surface area contributed by atoms with Crippen LogP contribution in [-0.2, 0) is 6.61 Å². The predicted molar refractivity (Wildman–Crippen MR) is 81.8 cm³/mol. The van der Waals surface area contributed by atoms with Crippen molar-refractivity contribution in [2.24, 2.45) is 0 Å². The summed E-state index contributed by atoms with van der Waals surface area (Å²) < 4.78 is 21.0. The highest BCUT2D eigenvalue weighted by atomic mass is 35.5. The lowest BCUT2D eigenvalue weighted by molar-refractivity contribution is 0.279. The monoisotopic (exact) mass is 317 g/mol. The lowest BCUT2D eigenvalue weighted by Gasteiger charge is -2.10. The van der Waals surface area contributed by atoms with E-state index in [9.17, 15) is 4.39 Å². The molecule has 6 heteroatoms. The van der Waals surface area contributed by atoms with Gasteiger partial charge < -0.3 is 4.74 Å². The minimum atomic E-state index is -0.396. The van der Waals surface area contributed by atoms with Crippen molar-refractivity contribution in [2.45, 2.75) is 13.5 Å². The summed E-state index contributed by atoms with van der Waals surface area (Å²) in [6, 6.07) is 9.99. The molecular weight excluding hydrogens is 305 g/mol. The molecule has 0 aliphatic heterocycles. The van der Waals surface area contributed by atoms with Crippen LogP contribution in [0.3, 0.4) is 0 Å². The zero-order chi connectivity index (χ0) is 15.5. The van der Waals surface area contributed by atoms with Gasteiger partial charge in [0.15, 0.2) is 5.82 Å². The quantitative estimate of drug-likeness (QED) is 0.731. The molecule has 3 aromatic rings. The summed E-state index contributed by atoms with van der Waals surface area (Å²) in [7, 11) is 0. The molecule has 0 spiro atoms. The van der Waals surface area contributed by atoms with Gasteiger partial charge in [-0.05, 0) is 30.7 Å². The second kappa shape index (κ2) is 6.15. The molecule has 3 rings (SSSR count). The third-order valence-electron chi connectivity index (χ3n) is 3.18. The van der Waals surface area contributed by atoms with Crippen LogP contribution in [-0.4, -0.2) is 14.8 Å². The maximum Gasteiger partial charge on any atom is 0.218 e. The molecule has 0 atom stereocenters. The maximum atomic E-state index is 13.8. The second-order valence-corrected chi connectivity index (χ2v) is 5.19. The fourth-order valence-corrected chi connectivity index (χ4v) is 2.21. The van der Waals surface area contributed by atoms with Gasteiger partial charge in [0.25, 0.3) is 0 Å². The topological polar surface area (TPSA) is 39.9 Å². The first-order valence-corrected chi connectivity index (χ1v) is 7.05. The van der Waals surface area contributed by atoms with E-state index >= 15 is 0 Å². The molecule has 2 aromatic heterocycles. The van der Waals surface area contributed by atoms with Gasteiger partial charge in [0.2, 0.25) is 5.88 Å². The number of hydrogen-bond acceptors (Lipinski definition) is 3. The number of rotatable bonds is 4. The van der Waals surface area contributed by atoms with Crippen LogP contribution in [0.1, 0.15) is 11.1 Å². The van der Waals surface area contributed by atoms with Gasteiger partial charge in [-0.25, -0.2) is 9.37 Å². The number of halogens is 2. The Hall–Kier alpha value is -2.40. The Bertz CT molecular complexity index is 804. The first-order chi connectivity index (χ1) is 10.6. The smallest absolute Gasteiger partial charge is 0.218 e.